The number of benzene rings is 8. The monoisotopic (exact) mass is 687 g/mol. The van der Waals surface area contributed by atoms with Crippen molar-refractivity contribution in [3.05, 3.63) is 216 Å². The molecule has 2 heteroatoms. The van der Waals surface area contributed by atoms with E-state index in [4.69, 9.17) is 9.41 Å². The second-order valence-corrected chi connectivity index (χ2v) is 13.8. The minimum atomic E-state index is 0.768. The van der Waals surface area contributed by atoms with Crippen molar-refractivity contribution < 1.29 is 4.42 Å². The van der Waals surface area contributed by atoms with Crippen LogP contribution in [0.25, 0.3) is 77.0 Å². The van der Waals surface area contributed by atoms with Gasteiger partial charge in [-0.15, -0.1) is 5.73 Å². The van der Waals surface area contributed by atoms with Crippen LogP contribution in [-0.4, -0.2) is 5.71 Å². The molecule has 1 aliphatic heterocycles. The van der Waals surface area contributed by atoms with E-state index in [9.17, 15) is 0 Å². The predicted octanol–water partition coefficient (Wildman–Crippen LogP) is 13.9. The number of hydrogen-bond donors (Lipinski definition) is 0. The molecule has 2 nitrogen and oxygen atoms in total. The summed E-state index contributed by atoms with van der Waals surface area (Å²) in [6.07, 6.45) is 2.00. The highest BCUT2D eigenvalue weighted by molar-refractivity contribution is 6.28. The summed E-state index contributed by atoms with van der Waals surface area (Å²) in [5.74, 6) is 0. The highest BCUT2D eigenvalue weighted by Crippen LogP contribution is 2.40. The molecule has 0 saturated heterocycles. The third kappa shape index (κ3) is 5.60. The third-order valence-electron chi connectivity index (χ3n) is 10.4. The number of hydrogen-bond acceptors (Lipinski definition) is 2. The Bertz CT molecular complexity index is 3090. The summed E-state index contributed by atoms with van der Waals surface area (Å²) in [7, 11) is 0. The first-order valence-corrected chi connectivity index (χ1v) is 18.3. The first-order chi connectivity index (χ1) is 26.7. The van der Waals surface area contributed by atoms with Gasteiger partial charge in [-0.25, -0.2) is 4.99 Å². The Kier molecular flexibility index (Phi) is 7.64. The standard InChI is InChI=1S/C52H33NO/c1-34-30-41(35-12-4-2-5-13-35)26-28-48(39-15-6-3-7-16-39)53-52(34)46-33-50-51(45-19-11-10-18-44(45)46)47-32-43(27-29-49(47)54-50)38-22-20-37(21-23-38)42-25-24-36-14-8-9-17-40(36)31-42/h2-27,29,31-33H,1H3. The molecule has 252 valence electrons. The summed E-state index contributed by atoms with van der Waals surface area (Å²) in [6, 6.07) is 61.9. The average Bonchev–Trinajstić information content (AvgIpc) is 3.61. The second kappa shape index (κ2) is 13.1. The van der Waals surface area contributed by atoms with Crippen LogP contribution in [0.15, 0.2) is 208 Å². The summed E-state index contributed by atoms with van der Waals surface area (Å²) < 4.78 is 6.67. The van der Waals surface area contributed by atoms with Crippen LogP contribution in [0.1, 0.15) is 23.6 Å². The minimum Gasteiger partial charge on any atom is -0.456 e. The lowest BCUT2D eigenvalue weighted by atomic mass is 9.92. The Morgan fingerprint density at radius 1 is 0.463 bits per heavy atom. The van der Waals surface area contributed by atoms with Crippen LogP contribution in [0.2, 0.25) is 0 Å². The molecule has 1 aromatic heterocycles. The molecule has 54 heavy (non-hydrogen) atoms. The summed E-state index contributed by atoms with van der Waals surface area (Å²) in [6.45, 7) is 2.10. The summed E-state index contributed by atoms with van der Waals surface area (Å²) >= 11 is 0. The van der Waals surface area contributed by atoms with Gasteiger partial charge in [0.15, 0.2) is 0 Å². The van der Waals surface area contributed by atoms with Gasteiger partial charge in [0, 0.05) is 33.0 Å². The van der Waals surface area contributed by atoms with Crippen molar-refractivity contribution in [2.24, 2.45) is 4.99 Å². The molecule has 2 heterocycles. The van der Waals surface area contributed by atoms with Crippen LogP contribution in [0.3, 0.4) is 0 Å². The van der Waals surface area contributed by atoms with Gasteiger partial charge in [-0.05, 0) is 86.6 Å². The zero-order chi connectivity index (χ0) is 36.0. The van der Waals surface area contributed by atoms with Gasteiger partial charge in [-0.1, -0.05) is 157 Å². The highest BCUT2D eigenvalue weighted by atomic mass is 16.3. The SMILES string of the molecule is CC1=C=C(c2ccccc2)C=C=C(c2ccccc2)N=C1c1cc2oc3ccc(-c4ccc(-c5ccc6ccccc6c5)cc4)cc3c2c2ccccc12. The summed E-state index contributed by atoms with van der Waals surface area (Å²) in [5, 5.41) is 6.93. The Hall–Kier alpha value is -7.21. The van der Waals surface area contributed by atoms with Crippen LogP contribution in [0.5, 0.6) is 0 Å². The van der Waals surface area contributed by atoms with Gasteiger partial charge in [0.25, 0.3) is 0 Å². The largest absolute Gasteiger partial charge is 0.456 e. The molecule has 0 fully saturated rings. The molecule has 0 N–H and O–H groups in total. The Balaban J connectivity index is 1.12. The van der Waals surface area contributed by atoms with Gasteiger partial charge < -0.3 is 4.42 Å². The third-order valence-corrected chi connectivity index (χ3v) is 10.4. The van der Waals surface area contributed by atoms with Crippen molar-refractivity contribution in [2.75, 3.05) is 0 Å². The van der Waals surface area contributed by atoms with Crippen LogP contribution < -0.4 is 0 Å². The van der Waals surface area contributed by atoms with Crippen molar-refractivity contribution >= 4 is 60.5 Å². The quantitative estimate of drug-likeness (QED) is 0.165. The van der Waals surface area contributed by atoms with Crippen LogP contribution >= 0.6 is 0 Å². The van der Waals surface area contributed by atoms with Crippen molar-refractivity contribution in [2.45, 2.75) is 6.92 Å². The highest BCUT2D eigenvalue weighted by Gasteiger charge is 2.20. The number of aliphatic imine (C=N–C) groups is 1. The molecule has 0 bridgehead atoms. The Morgan fingerprint density at radius 2 is 1.07 bits per heavy atom. The van der Waals surface area contributed by atoms with Crippen LogP contribution in [-0.2, 0) is 0 Å². The maximum Gasteiger partial charge on any atom is 0.136 e. The molecule has 0 radical (unpaired) electrons. The zero-order valence-corrected chi connectivity index (χ0v) is 29.7. The van der Waals surface area contributed by atoms with E-state index < -0.39 is 0 Å². The van der Waals surface area contributed by atoms with Crippen molar-refractivity contribution in [1.82, 2.24) is 0 Å². The number of rotatable bonds is 5. The molecule has 0 spiro atoms. The van der Waals surface area contributed by atoms with Gasteiger partial charge >= 0.3 is 0 Å². The van der Waals surface area contributed by atoms with Crippen LogP contribution in [0, 0.1) is 0 Å². The van der Waals surface area contributed by atoms with E-state index in [2.05, 4.69) is 170 Å². The molecule has 10 rings (SSSR count). The number of fused-ring (bicyclic) bond motifs is 6. The van der Waals surface area contributed by atoms with E-state index in [0.29, 0.717) is 0 Å². The number of furan rings is 1. The molecule has 8 aromatic carbocycles. The molecular formula is C52H33NO. The molecular weight excluding hydrogens is 655 g/mol. The second-order valence-electron chi connectivity index (χ2n) is 13.8. The number of nitrogens with zero attached hydrogens (tertiary/aromatic N) is 1. The van der Waals surface area contributed by atoms with E-state index >= 15 is 0 Å². The van der Waals surface area contributed by atoms with Crippen LogP contribution in [0.4, 0.5) is 0 Å². The van der Waals surface area contributed by atoms with E-state index in [1.54, 1.807) is 0 Å². The van der Waals surface area contributed by atoms with Crippen molar-refractivity contribution in [3.63, 3.8) is 0 Å². The lowest BCUT2D eigenvalue weighted by molar-refractivity contribution is 0.669. The molecule has 0 aliphatic carbocycles. The van der Waals surface area contributed by atoms with Gasteiger partial charge in [0.1, 0.15) is 16.9 Å². The molecule has 0 atom stereocenters. The molecule has 1 aliphatic rings. The van der Waals surface area contributed by atoms with E-state index in [1.165, 1.54) is 21.9 Å². The summed E-state index contributed by atoms with van der Waals surface area (Å²) in [5.41, 5.74) is 20.2. The van der Waals surface area contributed by atoms with E-state index in [-0.39, 0.29) is 0 Å². The topological polar surface area (TPSA) is 25.5 Å². The van der Waals surface area contributed by atoms with Gasteiger partial charge in [-0.3, -0.25) is 0 Å². The molecule has 9 aromatic rings. The number of allylic oxidation sites excluding steroid dienone is 2. The zero-order valence-electron chi connectivity index (χ0n) is 29.7. The van der Waals surface area contributed by atoms with Gasteiger partial charge in [0.2, 0.25) is 0 Å². The van der Waals surface area contributed by atoms with Gasteiger partial charge in [-0.2, -0.15) is 0 Å². The first kappa shape index (κ1) is 31.5. The molecule has 0 saturated carbocycles. The van der Waals surface area contributed by atoms with E-state index in [0.717, 1.165) is 83.1 Å². The fourth-order valence-electron chi connectivity index (χ4n) is 7.69. The fraction of sp³-hybridized carbons (Fsp3) is 0.0192. The lowest BCUT2D eigenvalue weighted by Crippen LogP contribution is -2.05. The average molecular weight is 688 g/mol. The van der Waals surface area contributed by atoms with Crippen molar-refractivity contribution in [1.29, 1.82) is 0 Å². The fourth-order valence-corrected chi connectivity index (χ4v) is 7.69. The normalized spacial score (nSPS) is 13.1. The summed E-state index contributed by atoms with van der Waals surface area (Å²) in [4.78, 5) is 5.33. The van der Waals surface area contributed by atoms with Crippen molar-refractivity contribution in [3.8, 4) is 22.3 Å². The minimum absolute atomic E-state index is 0.768. The van der Waals surface area contributed by atoms with Gasteiger partial charge in [0.05, 0.1) is 5.71 Å². The smallest absolute Gasteiger partial charge is 0.136 e. The Morgan fingerprint density at radius 3 is 1.83 bits per heavy atom. The maximum absolute atomic E-state index is 6.67. The molecule has 0 amide bonds. The van der Waals surface area contributed by atoms with E-state index in [1.807, 2.05) is 30.3 Å². The first-order valence-electron chi connectivity index (χ1n) is 18.3. The maximum atomic E-state index is 6.67. The molecule has 0 unspecified atom stereocenters. The Labute approximate surface area is 313 Å². The predicted molar refractivity (Wildman–Crippen MR) is 227 cm³/mol. The lowest BCUT2D eigenvalue weighted by Gasteiger charge is -2.13.